The van der Waals surface area contributed by atoms with Gasteiger partial charge in [-0.3, -0.25) is 0 Å². The summed E-state index contributed by atoms with van der Waals surface area (Å²) in [4.78, 5) is 20.6. The van der Waals surface area contributed by atoms with Gasteiger partial charge in [0, 0.05) is 0 Å². The van der Waals surface area contributed by atoms with E-state index in [-0.39, 0.29) is 5.57 Å². The van der Waals surface area contributed by atoms with Gasteiger partial charge in [-0.25, -0.2) is 0 Å². The van der Waals surface area contributed by atoms with Crippen LogP contribution in [0.2, 0.25) is 0 Å². The van der Waals surface area contributed by atoms with E-state index in [4.69, 9.17) is 4.74 Å². The van der Waals surface area contributed by atoms with E-state index in [1.165, 1.54) is 6.92 Å². The molecule has 0 amide bonds. The Kier molecular flexibility index (Phi) is 3.67. The van der Waals surface area contributed by atoms with Gasteiger partial charge in [0.25, 0.3) is 0 Å². The molecule has 1 heterocycles. The van der Waals surface area contributed by atoms with Gasteiger partial charge in [0.15, 0.2) is 6.29 Å². The molecule has 15 heavy (non-hydrogen) atoms. The molecule has 0 aliphatic carbocycles. The third kappa shape index (κ3) is 3.09. The number of phosphoric acid groups is 1. The average molecular weight is 238 g/mol. The molecule has 1 aliphatic heterocycles. The zero-order valence-corrected chi connectivity index (χ0v) is 8.79. The summed E-state index contributed by atoms with van der Waals surface area (Å²) in [6, 6.07) is 0. The molecule has 1 aliphatic rings. The van der Waals surface area contributed by atoms with Crippen LogP contribution in [0.1, 0.15) is 6.92 Å². The van der Waals surface area contributed by atoms with Crippen LogP contribution in [0.3, 0.4) is 0 Å². The molecule has 2 N–H and O–H groups in total. The van der Waals surface area contributed by atoms with Crippen molar-refractivity contribution in [3.05, 3.63) is 12.2 Å². The van der Waals surface area contributed by atoms with Crippen LogP contribution in [0.5, 0.6) is 0 Å². The molecule has 1 rings (SSSR count). The molecule has 1 fully saturated rings. The summed E-state index contributed by atoms with van der Waals surface area (Å²) in [5, 5.41) is 18.7. The lowest BCUT2D eigenvalue weighted by Gasteiger charge is -2.41. The molecule has 1 saturated heterocycles. The van der Waals surface area contributed by atoms with Gasteiger partial charge in [0.05, 0.1) is 13.9 Å². The van der Waals surface area contributed by atoms with E-state index in [1.807, 2.05) is 0 Å². The minimum Gasteiger partial charge on any atom is -0.790 e. The van der Waals surface area contributed by atoms with E-state index in [2.05, 4.69) is 11.1 Å². The number of phosphoric ester groups is 1. The van der Waals surface area contributed by atoms with Crippen LogP contribution in [0.25, 0.3) is 0 Å². The number of rotatable bonds is 2. The van der Waals surface area contributed by atoms with Crippen molar-refractivity contribution in [3.63, 3.8) is 0 Å². The summed E-state index contributed by atoms with van der Waals surface area (Å²) in [7, 11) is -5.25. The van der Waals surface area contributed by atoms with E-state index in [1.54, 1.807) is 0 Å². The quantitative estimate of drug-likeness (QED) is 0.415. The highest BCUT2D eigenvalue weighted by Crippen LogP contribution is 2.34. The second kappa shape index (κ2) is 4.31. The van der Waals surface area contributed by atoms with Crippen LogP contribution in [-0.2, 0) is 13.8 Å². The van der Waals surface area contributed by atoms with Crippen LogP contribution in [0.4, 0.5) is 0 Å². The molecule has 0 bridgehead atoms. The fourth-order valence-corrected chi connectivity index (χ4v) is 1.64. The van der Waals surface area contributed by atoms with Crippen molar-refractivity contribution in [2.75, 3.05) is 0 Å². The number of hydrogen-bond acceptors (Lipinski definition) is 7. The van der Waals surface area contributed by atoms with Crippen molar-refractivity contribution >= 4 is 7.82 Å². The van der Waals surface area contributed by atoms with Crippen molar-refractivity contribution < 1.29 is 33.8 Å². The largest absolute Gasteiger partial charge is 0.790 e. The summed E-state index contributed by atoms with van der Waals surface area (Å²) in [6.45, 7) is 4.78. The Labute approximate surface area is 86.2 Å². The van der Waals surface area contributed by atoms with Crippen molar-refractivity contribution in [3.8, 4) is 0 Å². The predicted molar refractivity (Wildman–Crippen MR) is 44.2 cm³/mol. The highest BCUT2D eigenvalue weighted by Gasteiger charge is 2.38. The first-order chi connectivity index (χ1) is 6.72. The van der Waals surface area contributed by atoms with Crippen LogP contribution in [0.15, 0.2) is 12.2 Å². The van der Waals surface area contributed by atoms with Crippen molar-refractivity contribution in [1.29, 1.82) is 0 Å². The van der Waals surface area contributed by atoms with Gasteiger partial charge in [-0.15, -0.1) is 0 Å². The van der Waals surface area contributed by atoms with E-state index in [0.717, 1.165) is 0 Å². The molecule has 0 radical (unpaired) electrons. The van der Waals surface area contributed by atoms with Gasteiger partial charge in [0.1, 0.15) is 12.2 Å². The number of hydrogen-bond donors (Lipinski definition) is 2. The normalized spacial score (nSPS) is 38.1. The van der Waals surface area contributed by atoms with Gasteiger partial charge in [-0.05, 0) is 12.5 Å². The number of aliphatic hydroxyl groups excluding tert-OH is 2. The fraction of sp³-hybridized carbons (Fsp3) is 0.714. The summed E-state index contributed by atoms with van der Waals surface area (Å²) < 4.78 is 19.1. The van der Waals surface area contributed by atoms with E-state index in [9.17, 15) is 24.6 Å². The maximum Gasteiger partial charge on any atom is 0.192 e. The van der Waals surface area contributed by atoms with E-state index in [0.29, 0.717) is 0 Å². The lowest BCUT2D eigenvalue weighted by atomic mass is 9.98. The smallest absolute Gasteiger partial charge is 0.192 e. The Morgan fingerprint density at radius 2 is 2.00 bits per heavy atom. The Bertz CT molecular complexity index is 298. The topological polar surface area (TPSA) is 122 Å². The first-order valence-electron chi connectivity index (χ1n) is 4.13. The van der Waals surface area contributed by atoms with E-state index < -0.39 is 32.4 Å². The molecule has 0 saturated carbocycles. The lowest BCUT2D eigenvalue weighted by Crippen LogP contribution is -2.49. The highest BCUT2D eigenvalue weighted by atomic mass is 31.2. The van der Waals surface area contributed by atoms with Crippen LogP contribution < -0.4 is 9.79 Å². The standard InChI is InChI=1S/C7H13O7P/c1-3-5(8)4(2)13-7(6(3)9)14-15(10,11)12/h4-9H,1H2,2H3,(H2,10,11,12)/p-2/t4-,5+,6-,7-/m1/s1. The van der Waals surface area contributed by atoms with Crippen LogP contribution in [0, 0.1) is 0 Å². The lowest BCUT2D eigenvalue weighted by molar-refractivity contribution is -0.360. The maximum atomic E-state index is 10.3. The highest BCUT2D eigenvalue weighted by molar-refractivity contribution is 7.43. The molecule has 8 heteroatoms. The first-order valence-corrected chi connectivity index (χ1v) is 5.59. The maximum absolute atomic E-state index is 10.3. The van der Waals surface area contributed by atoms with Gasteiger partial charge in [-0.1, -0.05) is 6.58 Å². The van der Waals surface area contributed by atoms with Gasteiger partial charge < -0.3 is 33.8 Å². The summed E-state index contributed by atoms with van der Waals surface area (Å²) in [5.74, 6) is 0. The monoisotopic (exact) mass is 238 g/mol. The third-order valence-electron chi connectivity index (χ3n) is 2.04. The zero-order chi connectivity index (χ0) is 11.8. The van der Waals surface area contributed by atoms with Crippen molar-refractivity contribution in [1.82, 2.24) is 0 Å². The van der Waals surface area contributed by atoms with Crippen molar-refractivity contribution in [2.45, 2.75) is 31.5 Å². The molecule has 88 valence electrons. The molecule has 0 aromatic heterocycles. The second-order valence-corrected chi connectivity index (χ2v) is 4.33. The second-order valence-electron chi connectivity index (χ2n) is 3.23. The Morgan fingerprint density at radius 1 is 1.47 bits per heavy atom. The van der Waals surface area contributed by atoms with Gasteiger partial charge in [0.2, 0.25) is 0 Å². The minimum absolute atomic E-state index is 0.0489. The van der Waals surface area contributed by atoms with E-state index >= 15 is 0 Å². The van der Waals surface area contributed by atoms with Crippen LogP contribution in [-0.4, -0.2) is 34.8 Å². The summed E-state index contributed by atoms with van der Waals surface area (Å²) in [6.07, 6.45) is -5.13. The molecule has 7 nitrogen and oxygen atoms in total. The molecular weight excluding hydrogens is 227 g/mol. The number of aliphatic hydroxyl groups is 2. The Hall–Kier alpha value is -0.270. The van der Waals surface area contributed by atoms with Gasteiger partial charge in [-0.2, -0.15) is 0 Å². The van der Waals surface area contributed by atoms with Crippen molar-refractivity contribution in [2.24, 2.45) is 0 Å². The third-order valence-corrected chi connectivity index (χ3v) is 2.51. The summed E-state index contributed by atoms with van der Waals surface area (Å²) in [5.41, 5.74) is -0.0489. The molecule has 4 atom stereocenters. The van der Waals surface area contributed by atoms with Gasteiger partial charge >= 0.3 is 0 Å². The molecule has 0 unspecified atom stereocenters. The SMILES string of the molecule is C=C1[C@@H](O)[C@@H](OP(=O)([O-])[O-])O[C@H](C)[C@H]1O. The molecular formula is C7H11O7P-2. The Morgan fingerprint density at radius 3 is 2.47 bits per heavy atom. The Balaban J connectivity index is 2.75. The zero-order valence-electron chi connectivity index (χ0n) is 7.90. The molecule has 0 spiro atoms. The number of ether oxygens (including phenoxy) is 1. The van der Waals surface area contributed by atoms with Crippen LogP contribution >= 0.6 is 7.82 Å². The minimum atomic E-state index is -5.25. The molecule has 0 aromatic rings. The average Bonchev–Trinajstić information content (AvgIpc) is 2.08. The fourth-order valence-electron chi connectivity index (χ4n) is 1.22. The predicted octanol–water partition coefficient (Wildman–Crippen LogP) is -2.15. The summed E-state index contributed by atoms with van der Waals surface area (Å²) >= 11 is 0. The molecule has 0 aromatic carbocycles. The first kappa shape index (κ1) is 12.8.